The fourth-order valence-corrected chi connectivity index (χ4v) is 2.80. The van der Waals surface area contributed by atoms with Crippen molar-refractivity contribution in [2.45, 2.75) is 32.9 Å². The highest BCUT2D eigenvalue weighted by atomic mass is 127. The quantitative estimate of drug-likeness (QED) is 0.399. The normalized spacial score (nSPS) is 11.3. The summed E-state index contributed by atoms with van der Waals surface area (Å²) in [6, 6.07) is 8.04. The molecule has 1 N–H and O–H groups in total. The Kier molecular flexibility index (Phi) is 8.91. The van der Waals surface area contributed by atoms with E-state index in [1.165, 1.54) is 11.1 Å². The van der Waals surface area contributed by atoms with E-state index < -0.39 is 0 Å². The molecule has 1 heterocycles. The molecule has 1 aromatic carbocycles. The average Bonchev–Trinajstić information content (AvgIpc) is 2.96. The van der Waals surface area contributed by atoms with Crippen molar-refractivity contribution in [1.29, 1.82) is 0 Å². The minimum Gasteiger partial charge on any atom is -0.497 e. The fourth-order valence-electron chi connectivity index (χ4n) is 2.80. The number of halogens is 1. The summed E-state index contributed by atoms with van der Waals surface area (Å²) in [7, 11) is 7.49. The molecule has 26 heavy (non-hydrogen) atoms. The second-order valence-electron chi connectivity index (χ2n) is 6.47. The van der Waals surface area contributed by atoms with Gasteiger partial charge in [-0.15, -0.1) is 24.0 Å². The molecule has 0 aliphatic carbocycles. The number of nitrogens with one attached hydrogen (secondary N) is 1. The van der Waals surface area contributed by atoms with Crippen LogP contribution in [0.25, 0.3) is 0 Å². The molecule has 0 bridgehead atoms. The van der Waals surface area contributed by atoms with Gasteiger partial charge in [-0.25, -0.2) is 0 Å². The number of rotatable bonds is 6. The Morgan fingerprint density at radius 2 is 1.96 bits per heavy atom. The first kappa shape index (κ1) is 22.3. The van der Waals surface area contributed by atoms with Gasteiger partial charge < -0.3 is 15.0 Å². The molecule has 0 unspecified atom stereocenters. The second kappa shape index (κ2) is 10.4. The molecule has 6 nitrogen and oxygen atoms in total. The number of nitrogens with zero attached hydrogens (tertiary/aromatic N) is 4. The monoisotopic (exact) mass is 471 g/mol. The highest BCUT2D eigenvalue weighted by Crippen LogP contribution is 2.18. The molecular weight excluding hydrogens is 441 g/mol. The lowest BCUT2D eigenvalue weighted by molar-refractivity contribution is 0.414. The molecule has 0 fully saturated rings. The third-order valence-corrected chi connectivity index (χ3v) is 4.07. The van der Waals surface area contributed by atoms with E-state index in [1.54, 1.807) is 14.2 Å². The molecular formula is C19H30IN5O. The summed E-state index contributed by atoms with van der Waals surface area (Å²) in [6.07, 6.45) is 2.09. The van der Waals surface area contributed by atoms with Crippen molar-refractivity contribution >= 4 is 29.9 Å². The van der Waals surface area contributed by atoms with Crippen LogP contribution in [-0.4, -0.2) is 41.8 Å². The first-order valence-electron chi connectivity index (χ1n) is 8.51. The molecule has 2 aromatic rings. The van der Waals surface area contributed by atoms with Crippen LogP contribution in [0.4, 0.5) is 0 Å². The van der Waals surface area contributed by atoms with Crippen molar-refractivity contribution in [3.63, 3.8) is 0 Å². The molecule has 7 heteroatoms. The highest BCUT2D eigenvalue weighted by molar-refractivity contribution is 14.0. The third kappa shape index (κ3) is 5.89. The first-order valence-corrected chi connectivity index (χ1v) is 8.51. The lowest BCUT2D eigenvalue weighted by Crippen LogP contribution is -2.38. The number of guanidine groups is 1. The van der Waals surface area contributed by atoms with Gasteiger partial charge in [0.25, 0.3) is 0 Å². The number of ether oxygens (including phenoxy) is 1. The van der Waals surface area contributed by atoms with Gasteiger partial charge in [-0.3, -0.25) is 9.67 Å². The van der Waals surface area contributed by atoms with Crippen LogP contribution in [0.5, 0.6) is 5.75 Å². The van der Waals surface area contributed by atoms with Crippen LogP contribution in [0.2, 0.25) is 0 Å². The van der Waals surface area contributed by atoms with Crippen molar-refractivity contribution in [3.8, 4) is 5.75 Å². The van der Waals surface area contributed by atoms with E-state index >= 15 is 0 Å². The number of aliphatic imine (C=N–C) groups is 1. The average molecular weight is 471 g/mol. The van der Waals surface area contributed by atoms with Crippen LogP contribution in [0.3, 0.4) is 0 Å². The maximum Gasteiger partial charge on any atom is 0.193 e. The van der Waals surface area contributed by atoms with Crippen LogP contribution in [0, 0.1) is 0 Å². The largest absolute Gasteiger partial charge is 0.497 e. The summed E-state index contributed by atoms with van der Waals surface area (Å²) < 4.78 is 7.07. The number of aromatic nitrogens is 2. The van der Waals surface area contributed by atoms with E-state index in [-0.39, 0.29) is 24.0 Å². The molecule has 0 radical (unpaired) electrons. The molecule has 144 valence electrons. The highest BCUT2D eigenvalue weighted by Gasteiger charge is 2.15. The lowest BCUT2D eigenvalue weighted by atomic mass is 10.1. The zero-order chi connectivity index (χ0) is 18.4. The smallest absolute Gasteiger partial charge is 0.193 e. The first-order chi connectivity index (χ1) is 11.9. The minimum absolute atomic E-state index is 0. The molecule has 0 saturated heterocycles. The van der Waals surface area contributed by atoms with E-state index in [0.717, 1.165) is 23.9 Å². The van der Waals surface area contributed by atoms with E-state index in [0.29, 0.717) is 12.5 Å². The predicted octanol–water partition coefficient (Wildman–Crippen LogP) is 3.38. The van der Waals surface area contributed by atoms with E-state index in [1.807, 2.05) is 30.9 Å². The zero-order valence-electron chi connectivity index (χ0n) is 16.5. The maximum absolute atomic E-state index is 5.19. The predicted molar refractivity (Wildman–Crippen MR) is 117 cm³/mol. The molecule has 2 rings (SSSR count). The van der Waals surface area contributed by atoms with Crippen LogP contribution in [0.1, 0.15) is 36.6 Å². The molecule has 1 aromatic heterocycles. The van der Waals surface area contributed by atoms with Gasteiger partial charge in [0.05, 0.1) is 12.8 Å². The Balaban J connectivity index is 0.00000338. The van der Waals surface area contributed by atoms with Gasteiger partial charge >= 0.3 is 0 Å². The number of hydrogen-bond acceptors (Lipinski definition) is 3. The van der Waals surface area contributed by atoms with Crippen molar-refractivity contribution in [3.05, 3.63) is 47.3 Å². The summed E-state index contributed by atoms with van der Waals surface area (Å²) in [5, 5.41) is 7.98. The zero-order valence-corrected chi connectivity index (χ0v) is 18.8. The molecule has 0 aliphatic heterocycles. The Morgan fingerprint density at radius 3 is 2.50 bits per heavy atom. The minimum atomic E-state index is 0. The van der Waals surface area contributed by atoms with Gasteiger partial charge in [-0.05, 0) is 23.6 Å². The van der Waals surface area contributed by atoms with Crippen LogP contribution in [0.15, 0.2) is 35.5 Å². The second-order valence-corrected chi connectivity index (χ2v) is 6.47. The van der Waals surface area contributed by atoms with Crippen LogP contribution >= 0.6 is 24.0 Å². The lowest BCUT2D eigenvalue weighted by Gasteiger charge is -2.22. The van der Waals surface area contributed by atoms with E-state index in [2.05, 4.69) is 52.5 Å². The summed E-state index contributed by atoms with van der Waals surface area (Å²) in [5.74, 6) is 2.12. The summed E-state index contributed by atoms with van der Waals surface area (Å²) in [4.78, 5) is 6.51. The van der Waals surface area contributed by atoms with Crippen molar-refractivity contribution in [2.24, 2.45) is 12.0 Å². The standard InChI is InChI=1S/C19H29N5O.HI/c1-14(2)18-16(13-24(5)22-18)12-23(4)19(20-3)21-11-15-7-9-17(25-6)10-8-15;/h7-10,13-14H,11-12H2,1-6H3,(H,20,21);1H. The maximum atomic E-state index is 5.19. The van der Waals surface area contributed by atoms with Gasteiger partial charge in [-0.2, -0.15) is 5.10 Å². The van der Waals surface area contributed by atoms with E-state index in [4.69, 9.17) is 4.74 Å². The van der Waals surface area contributed by atoms with Crippen LogP contribution in [-0.2, 0) is 20.1 Å². The molecule has 0 aliphatic rings. The number of aryl methyl sites for hydroxylation is 1. The summed E-state index contributed by atoms with van der Waals surface area (Å²) >= 11 is 0. The Morgan fingerprint density at radius 1 is 1.31 bits per heavy atom. The summed E-state index contributed by atoms with van der Waals surface area (Å²) in [5.41, 5.74) is 3.55. The molecule has 0 spiro atoms. The molecule has 0 saturated carbocycles. The number of hydrogen-bond donors (Lipinski definition) is 1. The van der Waals surface area contributed by atoms with Gasteiger partial charge in [0.2, 0.25) is 0 Å². The van der Waals surface area contributed by atoms with Crippen LogP contribution < -0.4 is 10.1 Å². The van der Waals surface area contributed by atoms with Gasteiger partial charge in [-0.1, -0.05) is 26.0 Å². The SMILES string of the molecule is CN=C(NCc1ccc(OC)cc1)N(C)Cc1cn(C)nc1C(C)C.I. The number of benzene rings is 1. The van der Waals surface area contributed by atoms with Gasteiger partial charge in [0.15, 0.2) is 5.96 Å². The topological polar surface area (TPSA) is 54.7 Å². The van der Waals surface area contributed by atoms with E-state index in [9.17, 15) is 0 Å². The Labute approximate surface area is 173 Å². The Bertz CT molecular complexity index is 709. The summed E-state index contributed by atoms with van der Waals surface area (Å²) in [6.45, 7) is 5.82. The van der Waals surface area contributed by atoms with Crippen molar-refractivity contribution in [1.82, 2.24) is 20.0 Å². The Hall–Kier alpha value is -1.77. The fraction of sp³-hybridized carbons (Fsp3) is 0.474. The third-order valence-electron chi connectivity index (χ3n) is 4.07. The van der Waals surface area contributed by atoms with Gasteiger partial charge in [0.1, 0.15) is 5.75 Å². The van der Waals surface area contributed by atoms with Crippen molar-refractivity contribution in [2.75, 3.05) is 21.2 Å². The molecule has 0 amide bonds. The molecule has 0 atom stereocenters. The number of methoxy groups -OCH3 is 1. The van der Waals surface area contributed by atoms with Gasteiger partial charge in [0, 0.05) is 46.0 Å². The van der Waals surface area contributed by atoms with Crippen molar-refractivity contribution < 1.29 is 4.74 Å².